The Morgan fingerprint density at radius 2 is 0.893 bits per heavy atom. The highest BCUT2D eigenvalue weighted by Gasteiger charge is 2.17. The first-order chi connectivity index (χ1) is 27.8. The Bertz CT molecular complexity index is 3230. The molecule has 0 aliphatic rings. The quantitative estimate of drug-likeness (QED) is 0.154. The third kappa shape index (κ3) is 5.46. The molecule has 262 valence electrons. The van der Waals surface area contributed by atoms with Gasteiger partial charge in [-0.15, -0.1) is 11.3 Å². The van der Waals surface area contributed by atoms with E-state index in [1.807, 2.05) is 11.3 Å². The van der Waals surface area contributed by atoms with Crippen molar-refractivity contribution in [2.45, 2.75) is 0 Å². The SMILES string of the molecule is c1ccc(-c2ccc(N(c3ccc(-c4cc5ccc6ccccc6c5c5ccccc45)cc3)c3cccc(-c4cccc5c4sc4ccccc45)c3)cc2)cc1. The standard InChI is InChI=1S/C54H35NS/c1-2-12-36(13-3-1)37-26-30-42(31-27-37)55(44-16-10-15-40(34-44)46-21-11-22-50-48-19-8-9-23-52(48)56-54(46)50)43-32-28-39(29-33-43)51-35-41-25-24-38-14-4-5-17-45(38)53(41)49-20-7-6-18-47(49)51/h1-35H. The van der Waals surface area contributed by atoms with Crippen molar-refractivity contribution in [2.75, 3.05) is 4.90 Å². The molecule has 11 rings (SSSR count). The minimum atomic E-state index is 1.11. The Labute approximate surface area is 330 Å². The van der Waals surface area contributed by atoms with E-state index in [9.17, 15) is 0 Å². The summed E-state index contributed by atoms with van der Waals surface area (Å²) in [5.41, 5.74) is 10.6. The van der Waals surface area contributed by atoms with Gasteiger partial charge in [-0.2, -0.15) is 0 Å². The minimum absolute atomic E-state index is 1.11. The lowest BCUT2D eigenvalue weighted by Gasteiger charge is -2.26. The van der Waals surface area contributed by atoms with E-state index >= 15 is 0 Å². The van der Waals surface area contributed by atoms with E-state index < -0.39 is 0 Å². The monoisotopic (exact) mass is 729 g/mol. The lowest BCUT2D eigenvalue weighted by molar-refractivity contribution is 1.28. The van der Waals surface area contributed by atoms with Gasteiger partial charge in [0.15, 0.2) is 0 Å². The van der Waals surface area contributed by atoms with Crippen LogP contribution in [0.2, 0.25) is 0 Å². The van der Waals surface area contributed by atoms with Gasteiger partial charge in [0.05, 0.1) is 0 Å². The summed E-state index contributed by atoms with van der Waals surface area (Å²) >= 11 is 1.88. The molecule has 0 N–H and O–H groups in total. The molecule has 0 bridgehead atoms. The third-order valence-electron chi connectivity index (χ3n) is 11.2. The van der Waals surface area contributed by atoms with E-state index in [4.69, 9.17) is 0 Å². The molecule has 0 unspecified atom stereocenters. The molecule has 2 heteroatoms. The Balaban J connectivity index is 1.05. The van der Waals surface area contributed by atoms with Gasteiger partial charge in [0.25, 0.3) is 0 Å². The van der Waals surface area contributed by atoms with Crippen LogP contribution in [0.25, 0.3) is 85.9 Å². The van der Waals surface area contributed by atoms with Crippen molar-refractivity contribution >= 4 is 80.9 Å². The fourth-order valence-corrected chi connectivity index (χ4v) is 9.81. The van der Waals surface area contributed by atoms with Crippen molar-refractivity contribution in [1.29, 1.82) is 0 Å². The van der Waals surface area contributed by atoms with Crippen molar-refractivity contribution in [3.05, 3.63) is 212 Å². The maximum Gasteiger partial charge on any atom is 0.0467 e. The number of hydrogen-bond acceptors (Lipinski definition) is 2. The van der Waals surface area contributed by atoms with E-state index in [1.165, 1.54) is 85.9 Å². The second kappa shape index (κ2) is 13.4. The van der Waals surface area contributed by atoms with Gasteiger partial charge in [0.2, 0.25) is 0 Å². The van der Waals surface area contributed by atoms with Crippen LogP contribution in [-0.2, 0) is 0 Å². The van der Waals surface area contributed by atoms with E-state index in [2.05, 4.69) is 217 Å². The van der Waals surface area contributed by atoms with Crippen LogP contribution >= 0.6 is 11.3 Å². The number of nitrogens with zero attached hydrogens (tertiary/aromatic N) is 1. The van der Waals surface area contributed by atoms with Gasteiger partial charge in [-0.1, -0.05) is 164 Å². The summed E-state index contributed by atoms with van der Waals surface area (Å²) in [5, 5.41) is 10.3. The van der Waals surface area contributed by atoms with Gasteiger partial charge < -0.3 is 4.90 Å². The first-order valence-corrected chi connectivity index (χ1v) is 20.0. The van der Waals surface area contributed by atoms with Crippen molar-refractivity contribution < 1.29 is 0 Å². The fraction of sp³-hybridized carbons (Fsp3) is 0. The second-order valence-electron chi connectivity index (χ2n) is 14.5. The molecule has 0 atom stereocenters. The average Bonchev–Trinajstić information content (AvgIpc) is 3.66. The smallest absolute Gasteiger partial charge is 0.0467 e. The maximum atomic E-state index is 2.39. The van der Waals surface area contributed by atoms with Crippen LogP contribution in [0.1, 0.15) is 0 Å². The zero-order chi connectivity index (χ0) is 37.0. The van der Waals surface area contributed by atoms with Crippen LogP contribution in [0.5, 0.6) is 0 Å². The van der Waals surface area contributed by atoms with Crippen molar-refractivity contribution in [2.24, 2.45) is 0 Å². The molecule has 0 saturated heterocycles. The summed E-state index contributed by atoms with van der Waals surface area (Å²) in [5.74, 6) is 0. The molecule has 1 nitrogen and oxygen atoms in total. The summed E-state index contributed by atoms with van der Waals surface area (Å²) in [6.07, 6.45) is 0. The molecular weight excluding hydrogens is 695 g/mol. The van der Waals surface area contributed by atoms with Crippen molar-refractivity contribution in [3.8, 4) is 33.4 Å². The predicted octanol–water partition coefficient (Wildman–Crippen LogP) is 16.0. The first-order valence-electron chi connectivity index (χ1n) is 19.2. The molecule has 1 heterocycles. The van der Waals surface area contributed by atoms with Gasteiger partial charge in [0.1, 0.15) is 0 Å². The van der Waals surface area contributed by atoms with E-state index in [0.29, 0.717) is 0 Å². The lowest BCUT2D eigenvalue weighted by atomic mass is 9.90. The number of fused-ring (bicyclic) bond motifs is 8. The molecule has 0 amide bonds. The highest BCUT2D eigenvalue weighted by Crippen LogP contribution is 2.44. The topological polar surface area (TPSA) is 3.24 Å². The van der Waals surface area contributed by atoms with Crippen LogP contribution in [0.15, 0.2) is 212 Å². The van der Waals surface area contributed by atoms with Crippen LogP contribution in [-0.4, -0.2) is 0 Å². The van der Waals surface area contributed by atoms with Gasteiger partial charge in [-0.05, 0) is 114 Å². The lowest BCUT2D eigenvalue weighted by Crippen LogP contribution is -2.10. The molecular formula is C54H35NS. The van der Waals surface area contributed by atoms with Gasteiger partial charge in [-0.25, -0.2) is 0 Å². The van der Waals surface area contributed by atoms with E-state index in [1.54, 1.807) is 0 Å². The molecule has 0 aliphatic heterocycles. The van der Waals surface area contributed by atoms with E-state index in [0.717, 1.165) is 17.1 Å². The summed E-state index contributed by atoms with van der Waals surface area (Å²) in [4.78, 5) is 2.39. The normalized spacial score (nSPS) is 11.6. The average molecular weight is 730 g/mol. The number of hydrogen-bond donors (Lipinski definition) is 0. The van der Waals surface area contributed by atoms with Crippen LogP contribution < -0.4 is 4.90 Å². The molecule has 0 aliphatic carbocycles. The Kier molecular flexibility index (Phi) is 7.75. The minimum Gasteiger partial charge on any atom is -0.310 e. The third-order valence-corrected chi connectivity index (χ3v) is 12.5. The van der Waals surface area contributed by atoms with Gasteiger partial charge in [-0.3, -0.25) is 0 Å². The summed E-state index contributed by atoms with van der Waals surface area (Å²) in [6.45, 7) is 0. The van der Waals surface area contributed by atoms with Gasteiger partial charge in [0, 0.05) is 37.2 Å². The maximum absolute atomic E-state index is 2.39. The van der Waals surface area contributed by atoms with Crippen LogP contribution in [0.3, 0.4) is 0 Å². The molecule has 0 spiro atoms. The Morgan fingerprint density at radius 3 is 1.70 bits per heavy atom. The fourth-order valence-electron chi connectivity index (χ4n) is 8.58. The number of rotatable bonds is 6. The van der Waals surface area contributed by atoms with Crippen LogP contribution in [0.4, 0.5) is 17.1 Å². The van der Waals surface area contributed by atoms with E-state index in [-0.39, 0.29) is 0 Å². The molecule has 0 saturated carbocycles. The Hall–Kier alpha value is -7.00. The Morgan fingerprint density at radius 1 is 0.304 bits per heavy atom. The molecule has 10 aromatic carbocycles. The first kappa shape index (κ1) is 32.4. The van der Waals surface area contributed by atoms with Gasteiger partial charge >= 0.3 is 0 Å². The molecule has 11 aromatic rings. The largest absolute Gasteiger partial charge is 0.310 e. The number of thiophene rings is 1. The molecule has 56 heavy (non-hydrogen) atoms. The van der Waals surface area contributed by atoms with Crippen molar-refractivity contribution in [3.63, 3.8) is 0 Å². The molecule has 0 radical (unpaired) electrons. The molecule has 0 fully saturated rings. The molecule has 1 aromatic heterocycles. The summed E-state index contributed by atoms with van der Waals surface area (Å²) < 4.78 is 2.64. The number of benzene rings is 10. The second-order valence-corrected chi connectivity index (χ2v) is 15.5. The van der Waals surface area contributed by atoms with Crippen LogP contribution in [0, 0.1) is 0 Å². The zero-order valence-electron chi connectivity index (χ0n) is 30.6. The highest BCUT2D eigenvalue weighted by molar-refractivity contribution is 7.26. The summed E-state index contributed by atoms with van der Waals surface area (Å²) in [6, 6.07) is 77.6. The number of anilines is 3. The highest BCUT2D eigenvalue weighted by atomic mass is 32.1. The zero-order valence-corrected chi connectivity index (χ0v) is 31.4. The van der Waals surface area contributed by atoms with Crippen molar-refractivity contribution in [1.82, 2.24) is 0 Å². The summed E-state index contributed by atoms with van der Waals surface area (Å²) in [7, 11) is 0. The predicted molar refractivity (Wildman–Crippen MR) is 243 cm³/mol.